The summed E-state index contributed by atoms with van der Waals surface area (Å²) in [4.78, 5) is 24.6. The highest BCUT2D eigenvalue weighted by atomic mass is 35.5. The van der Waals surface area contributed by atoms with E-state index in [-0.39, 0.29) is 25.2 Å². The molecule has 0 aliphatic heterocycles. The van der Waals surface area contributed by atoms with E-state index in [9.17, 15) is 9.59 Å². The van der Waals surface area contributed by atoms with Crippen molar-refractivity contribution in [3.63, 3.8) is 0 Å². The van der Waals surface area contributed by atoms with E-state index in [2.05, 4.69) is 0 Å². The van der Waals surface area contributed by atoms with Gasteiger partial charge in [0.05, 0.1) is 18.6 Å². The van der Waals surface area contributed by atoms with Crippen molar-refractivity contribution in [2.45, 2.75) is 26.4 Å². The van der Waals surface area contributed by atoms with Crippen molar-refractivity contribution in [3.05, 3.63) is 88.9 Å². The van der Waals surface area contributed by atoms with Gasteiger partial charge >= 0.3 is 5.97 Å². The molecule has 0 heterocycles. The first-order valence-corrected chi connectivity index (χ1v) is 10.4. The van der Waals surface area contributed by atoms with Crippen LogP contribution in [0.2, 0.25) is 5.02 Å². The van der Waals surface area contributed by atoms with Crippen molar-refractivity contribution < 1.29 is 23.8 Å². The fourth-order valence-corrected chi connectivity index (χ4v) is 3.08. The predicted octanol–water partition coefficient (Wildman–Crippen LogP) is 6.24. The fourth-order valence-electron chi connectivity index (χ4n) is 2.90. The second kappa shape index (κ2) is 11.2. The molecular weight excluding hydrogens is 416 g/mol. The van der Waals surface area contributed by atoms with Crippen LogP contribution in [0.4, 0.5) is 0 Å². The fraction of sp³-hybridized carbons (Fsp3) is 0.200. The number of carbonyl (C=O) groups excluding carboxylic acids is 2. The number of rotatable bonds is 10. The topological polar surface area (TPSA) is 61.8 Å². The van der Waals surface area contributed by atoms with Gasteiger partial charge in [-0.3, -0.25) is 9.59 Å². The van der Waals surface area contributed by atoms with E-state index in [4.69, 9.17) is 25.8 Å². The third-order valence-electron chi connectivity index (χ3n) is 4.38. The molecule has 0 atom stereocenters. The molecule has 0 saturated carbocycles. The minimum Gasteiger partial charge on any atom is -0.488 e. The van der Waals surface area contributed by atoms with Crippen molar-refractivity contribution >= 4 is 23.4 Å². The lowest BCUT2D eigenvalue weighted by Crippen LogP contribution is -2.09. The lowest BCUT2D eigenvalue weighted by Gasteiger charge is -2.13. The first-order valence-electron chi connectivity index (χ1n) is 9.98. The number of hydrogen-bond donors (Lipinski definition) is 0. The minimum absolute atomic E-state index is 0.00414. The van der Waals surface area contributed by atoms with Crippen LogP contribution in [-0.4, -0.2) is 18.4 Å². The number of benzene rings is 3. The van der Waals surface area contributed by atoms with E-state index in [0.717, 1.165) is 5.56 Å². The molecule has 3 rings (SSSR count). The van der Waals surface area contributed by atoms with Crippen LogP contribution in [0.25, 0.3) is 0 Å². The minimum atomic E-state index is -0.408. The molecule has 3 aromatic rings. The van der Waals surface area contributed by atoms with Gasteiger partial charge in [0.15, 0.2) is 5.78 Å². The largest absolute Gasteiger partial charge is 0.488 e. The van der Waals surface area contributed by atoms with Gasteiger partial charge in [-0.25, -0.2) is 0 Å². The van der Waals surface area contributed by atoms with Gasteiger partial charge in [-0.05, 0) is 48.9 Å². The van der Waals surface area contributed by atoms with E-state index < -0.39 is 5.97 Å². The number of esters is 1. The lowest BCUT2D eigenvalue weighted by molar-refractivity contribution is -0.143. The highest BCUT2D eigenvalue weighted by Crippen LogP contribution is 2.30. The highest BCUT2D eigenvalue weighted by molar-refractivity contribution is 6.30. The summed E-state index contributed by atoms with van der Waals surface area (Å²) >= 11 is 6.02. The molecule has 3 aromatic carbocycles. The van der Waals surface area contributed by atoms with Gasteiger partial charge in [0, 0.05) is 11.4 Å². The predicted molar refractivity (Wildman–Crippen MR) is 119 cm³/mol. The molecule has 6 heteroatoms. The van der Waals surface area contributed by atoms with E-state index in [0.29, 0.717) is 34.4 Å². The maximum atomic E-state index is 12.9. The summed E-state index contributed by atoms with van der Waals surface area (Å²) in [5.74, 6) is 0.807. The van der Waals surface area contributed by atoms with E-state index in [1.165, 1.54) is 0 Å². The maximum Gasteiger partial charge on any atom is 0.306 e. The Balaban J connectivity index is 1.80. The zero-order valence-corrected chi connectivity index (χ0v) is 17.9. The molecule has 31 heavy (non-hydrogen) atoms. The average Bonchev–Trinajstić information content (AvgIpc) is 2.77. The van der Waals surface area contributed by atoms with Crippen molar-refractivity contribution in [3.8, 4) is 17.2 Å². The van der Waals surface area contributed by atoms with Crippen LogP contribution in [0, 0.1) is 0 Å². The van der Waals surface area contributed by atoms with Gasteiger partial charge in [0.25, 0.3) is 0 Å². The normalized spacial score (nSPS) is 10.4. The highest BCUT2D eigenvalue weighted by Gasteiger charge is 2.17. The Morgan fingerprint density at radius 2 is 1.65 bits per heavy atom. The van der Waals surface area contributed by atoms with Gasteiger partial charge in [0.2, 0.25) is 0 Å². The number of Topliss-reactive ketones (excluding diaryl/α,β-unsaturated/α-hetero) is 1. The molecule has 0 amide bonds. The molecule has 0 unspecified atom stereocenters. The Bertz CT molecular complexity index is 1030. The first kappa shape index (κ1) is 22.4. The number of halogens is 1. The third kappa shape index (κ3) is 6.86. The molecule has 0 aromatic heterocycles. The molecule has 0 spiro atoms. The van der Waals surface area contributed by atoms with Crippen molar-refractivity contribution in [2.75, 3.05) is 6.61 Å². The van der Waals surface area contributed by atoms with Crippen LogP contribution in [-0.2, 0) is 16.1 Å². The van der Waals surface area contributed by atoms with Gasteiger partial charge in [-0.1, -0.05) is 48.0 Å². The van der Waals surface area contributed by atoms with E-state index in [1.807, 2.05) is 30.3 Å². The Morgan fingerprint density at radius 1 is 0.871 bits per heavy atom. The zero-order chi connectivity index (χ0) is 22.1. The SMILES string of the molecule is CCOC(=O)CCC(=O)c1cc(Oc2cccc(Cl)c2)ccc1OCc1ccccc1. The molecular formula is C25H23ClO5. The van der Waals surface area contributed by atoms with Crippen LogP contribution in [0.15, 0.2) is 72.8 Å². The molecule has 160 valence electrons. The molecule has 0 fully saturated rings. The number of ether oxygens (including phenoxy) is 3. The monoisotopic (exact) mass is 438 g/mol. The van der Waals surface area contributed by atoms with Crippen LogP contribution < -0.4 is 9.47 Å². The third-order valence-corrected chi connectivity index (χ3v) is 4.62. The molecule has 0 bridgehead atoms. The van der Waals surface area contributed by atoms with Gasteiger partial charge in [-0.2, -0.15) is 0 Å². The zero-order valence-electron chi connectivity index (χ0n) is 17.2. The Hall–Kier alpha value is -3.31. The van der Waals surface area contributed by atoms with Gasteiger partial charge in [-0.15, -0.1) is 0 Å². The summed E-state index contributed by atoms with van der Waals surface area (Å²) in [6.07, 6.45) is 0.0192. The summed E-state index contributed by atoms with van der Waals surface area (Å²) in [6.45, 7) is 2.32. The van der Waals surface area contributed by atoms with Gasteiger partial charge < -0.3 is 14.2 Å². The number of carbonyl (C=O) groups is 2. The Kier molecular flexibility index (Phi) is 8.07. The molecule has 0 N–H and O–H groups in total. The molecule has 5 nitrogen and oxygen atoms in total. The standard InChI is InChI=1S/C25H23ClO5/c1-2-29-25(28)14-12-23(27)22-16-21(31-20-10-6-9-19(26)15-20)11-13-24(22)30-17-18-7-4-3-5-8-18/h3-11,13,15-16H,2,12,14,17H2,1H3. The number of ketones is 1. The Morgan fingerprint density at radius 3 is 2.39 bits per heavy atom. The quantitative estimate of drug-likeness (QED) is 0.277. The summed E-state index contributed by atoms with van der Waals surface area (Å²) in [5, 5.41) is 0.547. The van der Waals surface area contributed by atoms with Crippen molar-refractivity contribution in [1.82, 2.24) is 0 Å². The number of hydrogen-bond acceptors (Lipinski definition) is 5. The maximum absolute atomic E-state index is 12.9. The first-order chi connectivity index (χ1) is 15.0. The lowest BCUT2D eigenvalue weighted by atomic mass is 10.0. The summed E-state index contributed by atoms with van der Waals surface area (Å²) < 4.78 is 16.7. The molecule has 0 radical (unpaired) electrons. The van der Waals surface area contributed by atoms with Crippen LogP contribution in [0.3, 0.4) is 0 Å². The summed E-state index contributed by atoms with van der Waals surface area (Å²) in [5.41, 5.74) is 1.33. The smallest absolute Gasteiger partial charge is 0.306 e. The average molecular weight is 439 g/mol. The second-order valence-electron chi connectivity index (χ2n) is 6.72. The van der Waals surface area contributed by atoms with Crippen LogP contribution >= 0.6 is 11.6 Å². The van der Waals surface area contributed by atoms with Crippen molar-refractivity contribution in [2.24, 2.45) is 0 Å². The molecule has 0 aliphatic rings. The summed E-state index contributed by atoms with van der Waals surface area (Å²) in [6, 6.07) is 21.7. The summed E-state index contributed by atoms with van der Waals surface area (Å²) in [7, 11) is 0. The van der Waals surface area contributed by atoms with E-state index in [1.54, 1.807) is 49.4 Å². The van der Waals surface area contributed by atoms with Crippen LogP contribution in [0.1, 0.15) is 35.7 Å². The van der Waals surface area contributed by atoms with Gasteiger partial charge in [0.1, 0.15) is 23.9 Å². The Labute approximate surface area is 186 Å². The molecule has 0 saturated heterocycles. The second-order valence-corrected chi connectivity index (χ2v) is 7.16. The van der Waals surface area contributed by atoms with Crippen molar-refractivity contribution in [1.29, 1.82) is 0 Å². The van der Waals surface area contributed by atoms with E-state index >= 15 is 0 Å². The molecule has 0 aliphatic carbocycles. The van der Waals surface area contributed by atoms with Crippen LogP contribution in [0.5, 0.6) is 17.2 Å².